The second-order valence-electron chi connectivity index (χ2n) is 2.69. The van der Waals surface area contributed by atoms with Crippen LogP contribution in [0.4, 0.5) is 0 Å². The van der Waals surface area contributed by atoms with Gasteiger partial charge in [0.05, 0.1) is 0 Å². The number of hydrogen-bond acceptors (Lipinski definition) is 2. The topological polar surface area (TPSA) is 26.3 Å². The van der Waals surface area contributed by atoms with Crippen molar-refractivity contribution in [3.8, 4) is 0 Å². The van der Waals surface area contributed by atoms with E-state index in [4.69, 9.17) is 4.74 Å². The molecule has 67 valence electrons. The molecule has 1 rings (SSSR count). The molecule has 1 fully saturated rings. The molecule has 0 N–H and O–H groups in total. The molecule has 1 aliphatic heterocycles. The first kappa shape index (κ1) is 9.10. The molecule has 0 bridgehead atoms. The number of allylic oxidation sites excluding steroid dienone is 1. The third-order valence-corrected chi connectivity index (χ3v) is 3.47. The molecule has 1 atom stereocenters. The summed E-state index contributed by atoms with van der Waals surface area (Å²) in [5.41, 5.74) is 0. The summed E-state index contributed by atoms with van der Waals surface area (Å²) in [5, 5.41) is 0.669. The van der Waals surface area contributed by atoms with Crippen LogP contribution < -0.4 is 0 Å². The van der Waals surface area contributed by atoms with Crippen molar-refractivity contribution in [2.45, 2.75) is 31.2 Å². The van der Waals surface area contributed by atoms with Crippen LogP contribution in [-0.4, -0.2) is 12.7 Å². The molecule has 0 amide bonds. The van der Waals surface area contributed by atoms with Gasteiger partial charge in [-0.25, -0.2) is 0 Å². The summed E-state index contributed by atoms with van der Waals surface area (Å²) >= 11 is -1.20. The average Bonchev–Trinajstić information content (AvgIpc) is 2.39. The maximum atomic E-state index is 11.3. The van der Waals surface area contributed by atoms with E-state index in [9.17, 15) is 3.87 Å². The summed E-state index contributed by atoms with van der Waals surface area (Å²) in [5.74, 6) is 0. The Morgan fingerprint density at radius 1 is 1.82 bits per heavy atom. The van der Waals surface area contributed by atoms with Gasteiger partial charge >= 0.3 is 71.1 Å². The summed E-state index contributed by atoms with van der Waals surface area (Å²) in [6, 6.07) is 0. The minimum atomic E-state index is -1.20. The predicted molar refractivity (Wildman–Crippen MR) is 39.3 cm³/mol. The summed E-state index contributed by atoms with van der Waals surface area (Å²) in [6.45, 7) is 6.31. The van der Waals surface area contributed by atoms with Gasteiger partial charge in [0.25, 0.3) is 0 Å². The SMILES string of the molecule is C=[C](C)[Co](=[O])[CH2]C1CCCO1. The quantitative estimate of drug-likeness (QED) is 0.698. The Balaban J connectivity index is 2.29. The van der Waals surface area contributed by atoms with E-state index in [-0.39, 0.29) is 6.10 Å². The van der Waals surface area contributed by atoms with Crippen LogP contribution in [0.1, 0.15) is 19.8 Å². The zero-order valence-electron chi connectivity index (χ0n) is 6.76. The van der Waals surface area contributed by atoms with E-state index in [1.165, 1.54) is 0 Å². The molecule has 0 aromatic heterocycles. The Morgan fingerprint density at radius 3 is 3.00 bits per heavy atom. The van der Waals surface area contributed by atoms with Gasteiger partial charge in [0.15, 0.2) is 0 Å². The van der Waals surface area contributed by atoms with Gasteiger partial charge in [0, 0.05) is 0 Å². The number of hydrogen-bond donors (Lipinski definition) is 0. The molecule has 0 radical (unpaired) electrons. The van der Waals surface area contributed by atoms with Crippen molar-refractivity contribution in [3.63, 3.8) is 0 Å². The molecule has 2 nitrogen and oxygen atoms in total. The minimum absolute atomic E-state index is 0.231. The van der Waals surface area contributed by atoms with Gasteiger partial charge in [-0.2, -0.15) is 0 Å². The summed E-state index contributed by atoms with van der Waals surface area (Å²) < 4.78 is 17.4. The van der Waals surface area contributed by atoms with E-state index in [1.54, 1.807) is 0 Å². The molecule has 0 spiro atoms. The Hall–Kier alpha value is 0.00649. The van der Waals surface area contributed by atoms with Gasteiger partial charge < -0.3 is 0 Å². The van der Waals surface area contributed by atoms with Crippen molar-refractivity contribution < 1.29 is 22.2 Å². The van der Waals surface area contributed by atoms with E-state index >= 15 is 0 Å². The molecule has 0 aliphatic carbocycles. The van der Waals surface area contributed by atoms with Crippen LogP contribution in [0.2, 0.25) is 5.36 Å². The van der Waals surface area contributed by atoms with E-state index < -0.39 is 13.6 Å². The Labute approximate surface area is 71.6 Å². The molecule has 1 heterocycles. The second kappa shape index (κ2) is 4.14. The van der Waals surface area contributed by atoms with Gasteiger partial charge in [0.2, 0.25) is 0 Å². The zero-order valence-corrected chi connectivity index (χ0v) is 7.80. The van der Waals surface area contributed by atoms with E-state index in [0.717, 1.165) is 24.0 Å². The molecule has 1 aliphatic rings. The van der Waals surface area contributed by atoms with Gasteiger partial charge in [-0.15, -0.1) is 0 Å². The molecule has 1 saturated heterocycles. The molecule has 3 heteroatoms. The molecular weight excluding hydrogens is 187 g/mol. The van der Waals surface area contributed by atoms with Gasteiger partial charge in [-0.05, 0) is 0 Å². The standard InChI is InChI=1S/C5H9O.C3H5.Co.O/c1-5-3-2-4-6-5;1-3-2;;/h5H,1-4H2;1H2,2H3;;. The van der Waals surface area contributed by atoms with Crippen LogP contribution in [0.25, 0.3) is 0 Å². The van der Waals surface area contributed by atoms with Crippen molar-refractivity contribution >= 4 is 0 Å². The number of rotatable bonds is 3. The first-order chi connectivity index (χ1) is 5.20. The Bertz CT molecular complexity index is 171. The van der Waals surface area contributed by atoms with Crippen LogP contribution >= 0.6 is 0 Å². The monoisotopic (exact) mass is 201 g/mol. The second-order valence-corrected chi connectivity index (χ2v) is 4.89. The van der Waals surface area contributed by atoms with Crippen molar-refractivity contribution in [1.82, 2.24) is 0 Å². The maximum absolute atomic E-state index is 11.3. The van der Waals surface area contributed by atoms with Gasteiger partial charge in [-0.3, -0.25) is 0 Å². The number of ether oxygens (including phenoxy) is 1. The van der Waals surface area contributed by atoms with Crippen LogP contribution in [0.3, 0.4) is 0 Å². The zero-order chi connectivity index (χ0) is 8.27. The first-order valence-electron chi connectivity index (χ1n) is 3.73. The van der Waals surface area contributed by atoms with Gasteiger partial charge in [-0.1, -0.05) is 0 Å². The molecule has 1 unspecified atom stereocenters. The molecule has 0 aromatic carbocycles. The Morgan fingerprint density at radius 2 is 2.55 bits per heavy atom. The normalized spacial score (nSPS) is 25.2. The van der Waals surface area contributed by atoms with Crippen LogP contribution in [-0.2, 0) is 22.2 Å². The fourth-order valence-corrected chi connectivity index (χ4v) is 2.13. The van der Waals surface area contributed by atoms with E-state index in [1.807, 2.05) is 6.92 Å². The summed E-state index contributed by atoms with van der Waals surface area (Å²) in [4.78, 5) is 0. The fourth-order valence-electron chi connectivity index (χ4n) is 1.01. The summed E-state index contributed by atoms with van der Waals surface area (Å²) in [7, 11) is 0. The average molecular weight is 201 g/mol. The molecular formula is C8H14CoO2. The molecule has 0 saturated carbocycles. The summed E-state index contributed by atoms with van der Waals surface area (Å²) in [6.07, 6.45) is 2.41. The van der Waals surface area contributed by atoms with Crippen molar-refractivity contribution in [3.05, 3.63) is 11.1 Å². The third kappa shape index (κ3) is 2.85. The third-order valence-electron chi connectivity index (χ3n) is 1.62. The van der Waals surface area contributed by atoms with Crippen molar-refractivity contribution in [1.29, 1.82) is 0 Å². The predicted octanol–water partition coefficient (Wildman–Crippen LogP) is 2.08. The van der Waals surface area contributed by atoms with E-state index in [2.05, 4.69) is 6.58 Å². The molecule has 11 heavy (non-hydrogen) atoms. The Kier molecular flexibility index (Phi) is 3.42. The van der Waals surface area contributed by atoms with Crippen LogP contribution in [0.15, 0.2) is 11.1 Å². The molecule has 0 aromatic rings. The first-order valence-corrected chi connectivity index (χ1v) is 5.41. The van der Waals surface area contributed by atoms with Gasteiger partial charge in [0.1, 0.15) is 0 Å². The van der Waals surface area contributed by atoms with Crippen molar-refractivity contribution in [2.75, 3.05) is 6.61 Å². The van der Waals surface area contributed by atoms with Crippen LogP contribution in [0, 0.1) is 0 Å². The van der Waals surface area contributed by atoms with Crippen molar-refractivity contribution in [2.24, 2.45) is 0 Å². The fraction of sp³-hybridized carbons (Fsp3) is 0.750. The van der Waals surface area contributed by atoms with E-state index in [0.29, 0.717) is 5.36 Å². The van der Waals surface area contributed by atoms with Crippen LogP contribution in [0.5, 0.6) is 0 Å².